The molecule has 4 rings (SSSR count). The lowest BCUT2D eigenvalue weighted by molar-refractivity contribution is -0.138. The van der Waals surface area contributed by atoms with E-state index in [1.54, 1.807) is 12.1 Å². The van der Waals surface area contributed by atoms with Crippen LogP contribution in [0.4, 0.5) is 13.2 Å². The molecule has 1 heterocycles. The standard InChI is InChI=1S/C29H31F3N2/c1-2-26(33)28-18-17-27(34-28)24-16-15-23(25(19-24)29(30,31)32)14-11-20-9-12-22(13-10-20)21-7-5-3-4-6-8-21/h5,7-10,12-13,15-17,19,26H,2-4,6,11,14,18,33H2,1H3. The lowest BCUT2D eigenvalue weighted by Crippen LogP contribution is -2.28. The van der Waals surface area contributed by atoms with Gasteiger partial charge in [-0.3, -0.25) is 4.99 Å². The Labute approximate surface area is 199 Å². The third-order valence-electron chi connectivity index (χ3n) is 6.55. The maximum absolute atomic E-state index is 13.9. The maximum Gasteiger partial charge on any atom is 0.416 e. The van der Waals surface area contributed by atoms with Gasteiger partial charge in [0.15, 0.2) is 0 Å². The number of benzene rings is 2. The van der Waals surface area contributed by atoms with Gasteiger partial charge in [-0.05, 0) is 66.9 Å². The monoisotopic (exact) mass is 464 g/mol. The Balaban J connectivity index is 1.50. The number of nitrogens with zero attached hydrogens (tertiary/aromatic N) is 1. The Morgan fingerprint density at radius 1 is 0.971 bits per heavy atom. The fourth-order valence-corrected chi connectivity index (χ4v) is 4.45. The van der Waals surface area contributed by atoms with Gasteiger partial charge in [0, 0.05) is 23.7 Å². The van der Waals surface area contributed by atoms with Crippen molar-refractivity contribution in [2.75, 3.05) is 0 Å². The van der Waals surface area contributed by atoms with Crippen molar-refractivity contribution in [3.63, 3.8) is 0 Å². The van der Waals surface area contributed by atoms with Crippen LogP contribution in [0.3, 0.4) is 0 Å². The number of aliphatic imine (C=N–C) groups is 1. The van der Waals surface area contributed by atoms with Crippen molar-refractivity contribution in [2.45, 2.75) is 64.1 Å². The molecule has 2 aliphatic rings. The van der Waals surface area contributed by atoms with Gasteiger partial charge in [-0.2, -0.15) is 13.2 Å². The lowest BCUT2D eigenvalue weighted by atomic mass is 9.95. The van der Waals surface area contributed by atoms with Gasteiger partial charge in [-0.25, -0.2) is 0 Å². The molecule has 2 aromatic rings. The number of halogens is 3. The highest BCUT2D eigenvalue weighted by molar-refractivity contribution is 5.99. The van der Waals surface area contributed by atoms with E-state index >= 15 is 0 Å². The fourth-order valence-electron chi connectivity index (χ4n) is 4.45. The van der Waals surface area contributed by atoms with Crippen molar-refractivity contribution >= 4 is 17.0 Å². The molecular formula is C29H31F3N2. The van der Waals surface area contributed by atoms with Crippen molar-refractivity contribution in [3.05, 3.63) is 94.6 Å². The lowest BCUT2D eigenvalue weighted by Gasteiger charge is -2.15. The zero-order chi connectivity index (χ0) is 24.1. The van der Waals surface area contributed by atoms with E-state index in [2.05, 4.69) is 35.4 Å². The summed E-state index contributed by atoms with van der Waals surface area (Å²) >= 11 is 0. The van der Waals surface area contributed by atoms with Crippen LogP contribution >= 0.6 is 0 Å². The molecule has 1 atom stereocenters. The van der Waals surface area contributed by atoms with Gasteiger partial charge in [0.05, 0.1) is 11.3 Å². The van der Waals surface area contributed by atoms with E-state index in [0.717, 1.165) is 42.5 Å². The molecule has 1 aliphatic carbocycles. The van der Waals surface area contributed by atoms with Crippen LogP contribution in [0.2, 0.25) is 0 Å². The second-order valence-corrected chi connectivity index (χ2v) is 8.97. The molecule has 2 aromatic carbocycles. The van der Waals surface area contributed by atoms with E-state index < -0.39 is 11.7 Å². The Morgan fingerprint density at radius 2 is 1.74 bits per heavy atom. The second kappa shape index (κ2) is 10.6. The first-order valence-electron chi connectivity index (χ1n) is 12.0. The van der Waals surface area contributed by atoms with Gasteiger partial charge in [0.1, 0.15) is 0 Å². The Kier molecular flexibility index (Phi) is 7.52. The van der Waals surface area contributed by atoms with Gasteiger partial charge < -0.3 is 5.73 Å². The number of hydrogen-bond acceptors (Lipinski definition) is 2. The Morgan fingerprint density at radius 3 is 2.47 bits per heavy atom. The predicted molar refractivity (Wildman–Crippen MR) is 135 cm³/mol. The molecule has 0 bridgehead atoms. The summed E-state index contributed by atoms with van der Waals surface area (Å²) in [6.07, 6.45) is 9.58. The highest BCUT2D eigenvalue weighted by Crippen LogP contribution is 2.36. The molecule has 2 nitrogen and oxygen atoms in total. The smallest absolute Gasteiger partial charge is 0.323 e. The second-order valence-electron chi connectivity index (χ2n) is 8.97. The third kappa shape index (κ3) is 5.76. The molecule has 0 radical (unpaired) electrons. The third-order valence-corrected chi connectivity index (χ3v) is 6.55. The van der Waals surface area contributed by atoms with Gasteiger partial charge in [0.25, 0.3) is 0 Å². The van der Waals surface area contributed by atoms with E-state index in [1.807, 2.05) is 25.1 Å². The van der Waals surface area contributed by atoms with Crippen molar-refractivity contribution in [1.82, 2.24) is 0 Å². The summed E-state index contributed by atoms with van der Waals surface area (Å²) in [6.45, 7) is 1.97. The fraction of sp³-hybridized carbons (Fsp3) is 0.345. The molecule has 0 amide bonds. The van der Waals surface area contributed by atoms with Crippen LogP contribution in [-0.4, -0.2) is 11.8 Å². The average Bonchev–Trinajstić information content (AvgIpc) is 3.17. The zero-order valence-electron chi connectivity index (χ0n) is 19.5. The number of allylic oxidation sites excluding steroid dienone is 5. The largest absolute Gasteiger partial charge is 0.416 e. The topological polar surface area (TPSA) is 38.4 Å². The summed E-state index contributed by atoms with van der Waals surface area (Å²) in [7, 11) is 0. The van der Waals surface area contributed by atoms with E-state index in [0.29, 0.717) is 36.1 Å². The number of hydrogen-bond donors (Lipinski definition) is 1. The zero-order valence-corrected chi connectivity index (χ0v) is 19.5. The highest BCUT2D eigenvalue weighted by atomic mass is 19.4. The summed E-state index contributed by atoms with van der Waals surface area (Å²) in [5.74, 6) is 0. The minimum atomic E-state index is -4.42. The van der Waals surface area contributed by atoms with E-state index in [1.165, 1.54) is 11.6 Å². The molecule has 1 unspecified atom stereocenters. The van der Waals surface area contributed by atoms with Crippen LogP contribution in [0.25, 0.3) is 11.3 Å². The predicted octanol–water partition coefficient (Wildman–Crippen LogP) is 7.54. The molecule has 0 spiro atoms. The SMILES string of the molecule is CCC(N)C1=NC(c2ccc(CCc3ccc(C4=CCCCC=C4)cc3)c(C(F)(F)F)c2)=CC1. The van der Waals surface area contributed by atoms with Crippen LogP contribution in [0.1, 0.15) is 66.8 Å². The number of alkyl halides is 3. The Hall–Kier alpha value is -2.92. The molecular weight excluding hydrogens is 433 g/mol. The maximum atomic E-state index is 13.9. The van der Waals surface area contributed by atoms with Crippen LogP contribution in [0.5, 0.6) is 0 Å². The van der Waals surface area contributed by atoms with Crippen molar-refractivity contribution in [3.8, 4) is 0 Å². The number of aryl methyl sites for hydroxylation is 2. The molecule has 34 heavy (non-hydrogen) atoms. The molecule has 0 fully saturated rings. The molecule has 0 saturated heterocycles. The van der Waals surface area contributed by atoms with E-state index in [9.17, 15) is 13.2 Å². The quantitative estimate of drug-likeness (QED) is 0.452. The highest BCUT2D eigenvalue weighted by Gasteiger charge is 2.33. The van der Waals surface area contributed by atoms with Gasteiger partial charge in [-0.15, -0.1) is 0 Å². The minimum Gasteiger partial charge on any atom is -0.323 e. The molecule has 5 heteroatoms. The summed E-state index contributed by atoms with van der Waals surface area (Å²) in [6, 6.07) is 12.6. The average molecular weight is 465 g/mol. The van der Waals surface area contributed by atoms with Crippen molar-refractivity contribution in [2.24, 2.45) is 10.7 Å². The van der Waals surface area contributed by atoms with Crippen LogP contribution < -0.4 is 5.73 Å². The van der Waals surface area contributed by atoms with Gasteiger partial charge in [0.2, 0.25) is 0 Å². The van der Waals surface area contributed by atoms with Crippen LogP contribution in [0.15, 0.2) is 71.8 Å². The molecule has 0 saturated carbocycles. The van der Waals surface area contributed by atoms with Crippen LogP contribution in [0, 0.1) is 0 Å². The normalized spacial score (nSPS) is 17.1. The van der Waals surface area contributed by atoms with E-state index in [-0.39, 0.29) is 6.04 Å². The Bertz CT molecular complexity index is 1130. The molecule has 1 aliphatic heterocycles. The summed E-state index contributed by atoms with van der Waals surface area (Å²) < 4.78 is 41.7. The van der Waals surface area contributed by atoms with Gasteiger partial charge >= 0.3 is 6.18 Å². The molecule has 2 N–H and O–H groups in total. The first-order valence-corrected chi connectivity index (χ1v) is 12.0. The first kappa shape index (κ1) is 24.2. The number of nitrogens with two attached hydrogens (primary N) is 1. The molecule has 0 aromatic heterocycles. The minimum absolute atomic E-state index is 0.156. The number of rotatable bonds is 7. The summed E-state index contributed by atoms with van der Waals surface area (Å²) in [5, 5.41) is 0. The van der Waals surface area contributed by atoms with Crippen LogP contribution in [-0.2, 0) is 19.0 Å². The van der Waals surface area contributed by atoms with E-state index in [4.69, 9.17) is 5.73 Å². The first-order chi connectivity index (χ1) is 16.3. The van der Waals surface area contributed by atoms with Gasteiger partial charge in [-0.1, -0.05) is 67.6 Å². The summed E-state index contributed by atoms with van der Waals surface area (Å²) in [4.78, 5) is 4.50. The summed E-state index contributed by atoms with van der Waals surface area (Å²) in [5.41, 5.74) is 11.1. The molecule has 178 valence electrons. The van der Waals surface area contributed by atoms with Crippen molar-refractivity contribution in [1.29, 1.82) is 0 Å². The van der Waals surface area contributed by atoms with Crippen molar-refractivity contribution < 1.29 is 13.2 Å².